The molecule has 19 heavy (non-hydrogen) atoms. The zero-order valence-electron chi connectivity index (χ0n) is 10.5. The maximum atomic E-state index is 8.90. The second kappa shape index (κ2) is 5.55. The van der Waals surface area contributed by atoms with Gasteiger partial charge in [0.15, 0.2) is 0 Å². The molecule has 6 heteroatoms. The van der Waals surface area contributed by atoms with Crippen LogP contribution in [0.1, 0.15) is 11.1 Å². The molecule has 0 fully saturated rings. The molecule has 0 aliphatic rings. The zero-order valence-corrected chi connectivity index (χ0v) is 11.3. The third-order valence-corrected chi connectivity index (χ3v) is 2.87. The first kappa shape index (κ1) is 13.1. The molecule has 0 aliphatic carbocycles. The van der Waals surface area contributed by atoms with E-state index in [-0.39, 0.29) is 0 Å². The van der Waals surface area contributed by atoms with Gasteiger partial charge < -0.3 is 10.6 Å². The first-order valence-corrected chi connectivity index (χ1v) is 6.00. The second-order valence-corrected chi connectivity index (χ2v) is 4.31. The highest BCUT2D eigenvalue weighted by Gasteiger charge is 2.07. The van der Waals surface area contributed by atoms with E-state index in [1.54, 1.807) is 31.4 Å². The van der Waals surface area contributed by atoms with Gasteiger partial charge in [0.1, 0.15) is 5.82 Å². The average Bonchev–Trinajstić information content (AvgIpc) is 2.43. The van der Waals surface area contributed by atoms with Gasteiger partial charge in [0, 0.05) is 18.8 Å². The topological polar surface area (TPSA) is 73.6 Å². The SMILES string of the molecule is CNc1ncc(C)c(Nc2cc(C#N)ccc2Cl)n1. The lowest BCUT2D eigenvalue weighted by atomic mass is 10.2. The van der Waals surface area contributed by atoms with Crippen molar-refractivity contribution in [3.8, 4) is 6.07 Å². The van der Waals surface area contributed by atoms with E-state index in [4.69, 9.17) is 16.9 Å². The Balaban J connectivity index is 2.38. The molecule has 0 saturated heterocycles. The van der Waals surface area contributed by atoms with Crippen molar-refractivity contribution in [2.24, 2.45) is 0 Å². The minimum atomic E-state index is 0.515. The Bertz CT molecular complexity index is 648. The highest BCUT2D eigenvalue weighted by atomic mass is 35.5. The maximum Gasteiger partial charge on any atom is 0.224 e. The molecule has 0 saturated carbocycles. The maximum absolute atomic E-state index is 8.90. The van der Waals surface area contributed by atoms with Crippen LogP contribution in [0.25, 0.3) is 0 Å². The van der Waals surface area contributed by atoms with E-state index in [9.17, 15) is 0 Å². The van der Waals surface area contributed by atoms with E-state index in [2.05, 4.69) is 26.7 Å². The Morgan fingerprint density at radius 1 is 1.37 bits per heavy atom. The van der Waals surface area contributed by atoms with Crippen LogP contribution in [0.4, 0.5) is 17.5 Å². The van der Waals surface area contributed by atoms with Crippen LogP contribution in [-0.4, -0.2) is 17.0 Å². The summed E-state index contributed by atoms with van der Waals surface area (Å²) in [5, 5.41) is 15.4. The summed E-state index contributed by atoms with van der Waals surface area (Å²) in [5.41, 5.74) is 2.06. The fourth-order valence-electron chi connectivity index (χ4n) is 1.51. The smallest absolute Gasteiger partial charge is 0.224 e. The van der Waals surface area contributed by atoms with Crippen LogP contribution < -0.4 is 10.6 Å². The molecule has 2 aromatic rings. The molecule has 96 valence electrons. The zero-order chi connectivity index (χ0) is 13.8. The number of hydrogen-bond acceptors (Lipinski definition) is 5. The van der Waals surface area contributed by atoms with Crippen LogP contribution in [0.5, 0.6) is 0 Å². The van der Waals surface area contributed by atoms with E-state index in [1.807, 2.05) is 6.92 Å². The standard InChI is InChI=1S/C13H12ClN5/c1-8-7-17-13(16-2)19-12(8)18-11-5-9(6-15)3-4-10(11)14/h3-5,7H,1-2H3,(H2,16,17,18,19). The number of aryl methyl sites for hydroxylation is 1. The number of nitrogens with one attached hydrogen (secondary N) is 2. The van der Waals surface area contributed by atoms with Gasteiger partial charge in [-0.1, -0.05) is 11.6 Å². The van der Waals surface area contributed by atoms with Crippen LogP contribution in [0, 0.1) is 18.3 Å². The normalized spacial score (nSPS) is 9.79. The number of aromatic nitrogens is 2. The van der Waals surface area contributed by atoms with Gasteiger partial charge in [-0.15, -0.1) is 0 Å². The first-order chi connectivity index (χ1) is 9.13. The Morgan fingerprint density at radius 3 is 2.84 bits per heavy atom. The van der Waals surface area contributed by atoms with Crippen LogP contribution in [0.15, 0.2) is 24.4 Å². The molecular formula is C13H12ClN5. The lowest BCUT2D eigenvalue weighted by molar-refractivity contribution is 1.12. The molecule has 1 heterocycles. The molecule has 0 atom stereocenters. The van der Waals surface area contributed by atoms with Crippen molar-refractivity contribution in [2.75, 3.05) is 17.7 Å². The summed E-state index contributed by atoms with van der Waals surface area (Å²) in [4.78, 5) is 8.42. The molecule has 5 nitrogen and oxygen atoms in total. The molecule has 0 amide bonds. The number of halogens is 1. The van der Waals surface area contributed by atoms with Crippen LogP contribution in [0.3, 0.4) is 0 Å². The summed E-state index contributed by atoms with van der Waals surface area (Å²) in [7, 11) is 1.75. The fraction of sp³-hybridized carbons (Fsp3) is 0.154. The van der Waals surface area contributed by atoms with E-state index in [0.29, 0.717) is 28.0 Å². The van der Waals surface area contributed by atoms with Gasteiger partial charge in [0.2, 0.25) is 5.95 Å². The van der Waals surface area contributed by atoms with Gasteiger partial charge in [-0.2, -0.15) is 10.2 Å². The molecule has 1 aromatic carbocycles. The third kappa shape index (κ3) is 2.92. The summed E-state index contributed by atoms with van der Waals surface area (Å²) >= 11 is 6.10. The van der Waals surface area contributed by atoms with Gasteiger partial charge in [-0.3, -0.25) is 0 Å². The van der Waals surface area contributed by atoms with Gasteiger partial charge in [0.25, 0.3) is 0 Å². The summed E-state index contributed by atoms with van der Waals surface area (Å²) in [6.07, 6.45) is 1.71. The van der Waals surface area contributed by atoms with Gasteiger partial charge in [-0.25, -0.2) is 4.98 Å². The molecule has 0 radical (unpaired) electrons. The average molecular weight is 274 g/mol. The van der Waals surface area contributed by atoms with Crippen molar-refractivity contribution in [3.05, 3.63) is 40.5 Å². The Kier molecular flexibility index (Phi) is 3.83. The second-order valence-electron chi connectivity index (χ2n) is 3.91. The van der Waals surface area contributed by atoms with Gasteiger partial charge in [-0.05, 0) is 25.1 Å². The third-order valence-electron chi connectivity index (χ3n) is 2.54. The van der Waals surface area contributed by atoms with Crippen molar-refractivity contribution in [1.82, 2.24) is 9.97 Å². The van der Waals surface area contributed by atoms with Gasteiger partial charge in [0.05, 0.1) is 22.3 Å². The van der Waals surface area contributed by atoms with Crippen LogP contribution in [-0.2, 0) is 0 Å². The summed E-state index contributed by atoms with van der Waals surface area (Å²) < 4.78 is 0. The molecule has 0 spiro atoms. The molecule has 0 aliphatic heterocycles. The quantitative estimate of drug-likeness (QED) is 0.899. The highest BCUT2D eigenvalue weighted by Crippen LogP contribution is 2.27. The largest absolute Gasteiger partial charge is 0.357 e. The number of benzene rings is 1. The predicted molar refractivity (Wildman–Crippen MR) is 75.8 cm³/mol. The lowest BCUT2D eigenvalue weighted by Gasteiger charge is -2.11. The molecule has 2 N–H and O–H groups in total. The van der Waals surface area contributed by atoms with E-state index in [0.717, 1.165) is 5.56 Å². The van der Waals surface area contributed by atoms with Crippen LogP contribution in [0.2, 0.25) is 5.02 Å². The van der Waals surface area contributed by atoms with Crippen molar-refractivity contribution >= 4 is 29.1 Å². The summed E-state index contributed by atoms with van der Waals surface area (Å²) in [6.45, 7) is 1.89. The lowest BCUT2D eigenvalue weighted by Crippen LogP contribution is -2.02. The highest BCUT2D eigenvalue weighted by molar-refractivity contribution is 6.33. The Labute approximate surface area is 116 Å². The van der Waals surface area contributed by atoms with Crippen molar-refractivity contribution < 1.29 is 0 Å². The molecular weight excluding hydrogens is 262 g/mol. The monoisotopic (exact) mass is 273 g/mol. The van der Waals surface area contributed by atoms with E-state index in [1.165, 1.54) is 0 Å². The molecule has 1 aromatic heterocycles. The molecule has 2 rings (SSSR count). The molecule has 0 bridgehead atoms. The number of nitriles is 1. The summed E-state index contributed by atoms with van der Waals surface area (Å²) in [6, 6.07) is 7.10. The van der Waals surface area contributed by atoms with Crippen molar-refractivity contribution in [2.45, 2.75) is 6.92 Å². The summed E-state index contributed by atoms with van der Waals surface area (Å²) in [5.74, 6) is 1.16. The number of anilines is 3. The van der Waals surface area contributed by atoms with Crippen molar-refractivity contribution in [3.63, 3.8) is 0 Å². The van der Waals surface area contributed by atoms with Crippen LogP contribution >= 0.6 is 11.6 Å². The number of nitrogens with zero attached hydrogens (tertiary/aromatic N) is 3. The van der Waals surface area contributed by atoms with E-state index < -0.39 is 0 Å². The number of rotatable bonds is 3. The first-order valence-electron chi connectivity index (χ1n) is 5.62. The van der Waals surface area contributed by atoms with Crippen molar-refractivity contribution in [1.29, 1.82) is 5.26 Å². The predicted octanol–water partition coefficient (Wildman–Crippen LogP) is 3.10. The number of hydrogen-bond donors (Lipinski definition) is 2. The Morgan fingerprint density at radius 2 is 2.16 bits per heavy atom. The van der Waals surface area contributed by atoms with E-state index >= 15 is 0 Å². The minimum absolute atomic E-state index is 0.515. The fourth-order valence-corrected chi connectivity index (χ4v) is 1.67. The minimum Gasteiger partial charge on any atom is -0.357 e. The van der Waals surface area contributed by atoms with Gasteiger partial charge >= 0.3 is 0 Å². The molecule has 0 unspecified atom stereocenters. The Hall–Kier alpha value is -2.32.